The van der Waals surface area contributed by atoms with E-state index in [0.29, 0.717) is 0 Å². The van der Waals surface area contributed by atoms with Crippen molar-refractivity contribution in [3.63, 3.8) is 0 Å². The van der Waals surface area contributed by atoms with Gasteiger partial charge in [0.15, 0.2) is 0 Å². The predicted molar refractivity (Wildman–Crippen MR) is 57.1 cm³/mol. The lowest BCUT2D eigenvalue weighted by Crippen LogP contribution is -2.28. The summed E-state index contributed by atoms with van der Waals surface area (Å²) in [5, 5.41) is 4.25. The van der Waals surface area contributed by atoms with Crippen LogP contribution in [-0.2, 0) is 5.54 Å². The second-order valence-electron chi connectivity index (χ2n) is 4.30. The van der Waals surface area contributed by atoms with E-state index in [2.05, 4.69) is 24.2 Å². The number of aryl methyl sites for hydroxylation is 1. The third-order valence-corrected chi connectivity index (χ3v) is 2.45. The Morgan fingerprint density at radius 1 is 1.36 bits per heavy atom. The molecule has 0 unspecified atom stereocenters. The summed E-state index contributed by atoms with van der Waals surface area (Å²) in [6.07, 6.45) is 3.85. The molecular weight excluding hydrogens is 174 g/mol. The zero-order valence-corrected chi connectivity index (χ0v) is 8.78. The first-order chi connectivity index (χ1) is 6.48. The van der Waals surface area contributed by atoms with Crippen LogP contribution in [0.2, 0.25) is 0 Å². The van der Waals surface area contributed by atoms with E-state index >= 15 is 0 Å². The van der Waals surface area contributed by atoms with Gasteiger partial charge in [-0.1, -0.05) is 6.07 Å². The SMILES string of the molecule is Cc1cnn2cc(C(C)(C)N)ccc12. The number of nitrogens with two attached hydrogens (primary N) is 1. The molecule has 3 heteroatoms. The van der Waals surface area contributed by atoms with Crippen molar-refractivity contribution in [2.24, 2.45) is 5.73 Å². The second kappa shape index (κ2) is 2.82. The molecule has 2 N–H and O–H groups in total. The molecule has 14 heavy (non-hydrogen) atoms. The molecule has 0 aliphatic rings. The smallest absolute Gasteiger partial charge is 0.0690 e. The average Bonchev–Trinajstić information content (AvgIpc) is 2.46. The molecule has 0 spiro atoms. The van der Waals surface area contributed by atoms with E-state index < -0.39 is 0 Å². The predicted octanol–water partition coefficient (Wildman–Crippen LogP) is 1.84. The Balaban J connectivity index is 2.63. The zero-order chi connectivity index (χ0) is 10.3. The van der Waals surface area contributed by atoms with Gasteiger partial charge in [-0.3, -0.25) is 0 Å². The highest BCUT2D eigenvalue weighted by Crippen LogP contribution is 2.18. The molecule has 2 aromatic heterocycles. The van der Waals surface area contributed by atoms with Crippen LogP contribution in [0.25, 0.3) is 5.52 Å². The van der Waals surface area contributed by atoms with Crippen molar-refractivity contribution in [3.05, 3.63) is 35.7 Å². The molecule has 2 rings (SSSR count). The molecule has 3 nitrogen and oxygen atoms in total. The topological polar surface area (TPSA) is 43.3 Å². The summed E-state index contributed by atoms with van der Waals surface area (Å²) in [5.74, 6) is 0. The number of fused-ring (bicyclic) bond motifs is 1. The van der Waals surface area contributed by atoms with Gasteiger partial charge in [0.25, 0.3) is 0 Å². The molecule has 2 aromatic rings. The molecule has 0 atom stereocenters. The van der Waals surface area contributed by atoms with Crippen molar-refractivity contribution in [1.29, 1.82) is 0 Å². The van der Waals surface area contributed by atoms with Crippen molar-refractivity contribution in [1.82, 2.24) is 9.61 Å². The number of hydrogen-bond acceptors (Lipinski definition) is 2. The lowest BCUT2D eigenvalue weighted by molar-refractivity contribution is 0.550. The average molecular weight is 189 g/mol. The van der Waals surface area contributed by atoms with Crippen molar-refractivity contribution < 1.29 is 0 Å². The Labute approximate surface area is 83.5 Å². The van der Waals surface area contributed by atoms with Gasteiger partial charge >= 0.3 is 0 Å². The second-order valence-corrected chi connectivity index (χ2v) is 4.30. The van der Waals surface area contributed by atoms with E-state index in [-0.39, 0.29) is 5.54 Å². The first kappa shape index (κ1) is 9.21. The van der Waals surface area contributed by atoms with Gasteiger partial charge < -0.3 is 5.73 Å². The minimum atomic E-state index is -0.311. The Morgan fingerprint density at radius 2 is 2.07 bits per heavy atom. The van der Waals surface area contributed by atoms with Crippen LogP contribution in [0, 0.1) is 6.92 Å². The van der Waals surface area contributed by atoms with Crippen molar-refractivity contribution in [2.45, 2.75) is 26.3 Å². The highest BCUT2D eigenvalue weighted by molar-refractivity contribution is 5.53. The van der Waals surface area contributed by atoms with Gasteiger partial charge in [0, 0.05) is 11.7 Å². The van der Waals surface area contributed by atoms with Gasteiger partial charge in [-0.2, -0.15) is 5.10 Å². The summed E-state index contributed by atoms with van der Waals surface area (Å²) >= 11 is 0. The Bertz CT molecular complexity index is 463. The van der Waals surface area contributed by atoms with E-state index in [1.807, 2.05) is 30.8 Å². The molecule has 0 amide bonds. The van der Waals surface area contributed by atoms with E-state index in [4.69, 9.17) is 5.73 Å². The number of aromatic nitrogens is 2. The fraction of sp³-hybridized carbons (Fsp3) is 0.364. The minimum absolute atomic E-state index is 0.311. The molecule has 2 heterocycles. The molecule has 0 aliphatic carbocycles. The zero-order valence-electron chi connectivity index (χ0n) is 8.78. The van der Waals surface area contributed by atoms with Gasteiger partial charge in [-0.25, -0.2) is 4.52 Å². The molecule has 0 saturated heterocycles. The summed E-state index contributed by atoms with van der Waals surface area (Å²) in [6, 6.07) is 4.12. The molecule has 0 bridgehead atoms. The highest BCUT2D eigenvalue weighted by Gasteiger charge is 2.14. The molecule has 74 valence electrons. The van der Waals surface area contributed by atoms with Crippen molar-refractivity contribution >= 4 is 5.52 Å². The normalized spacial score (nSPS) is 12.3. The largest absolute Gasteiger partial charge is 0.322 e. The number of rotatable bonds is 1. The third-order valence-electron chi connectivity index (χ3n) is 2.45. The monoisotopic (exact) mass is 189 g/mol. The first-order valence-electron chi connectivity index (χ1n) is 4.72. The van der Waals surface area contributed by atoms with Gasteiger partial charge in [-0.15, -0.1) is 0 Å². The number of pyridine rings is 1. The van der Waals surface area contributed by atoms with Crippen LogP contribution in [0.4, 0.5) is 0 Å². The van der Waals surface area contributed by atoms with Crippen LogP contribution in [0.1, 0.15) is 25.0 Å². The molecule has 0 fully saturated rings. The maximum atomic E-state index is 6.01. The third kappa shape index (κ3) is 1.40. The van der Waals surface area contributed by atoms with E-state index in [0.717, 1.165) is 11.1 Å². The van der Waals surface area contributed by atoms with Gasteiger partial charge in [0.2, 0.25) is 0 Å². The van der Waals surface area contributed by atoms with Crippen molar-refractivity contribution in [2.75, 3.05) is 0 Å². The van der Waals surface area contributed by atoms with Gasteiger partial charge in [-0.05, 0) is 38.0 Å². The van der Waals surface area contributed by atoms with Crippen molar-refractivity contribution in [3.8, 4) is 0 Å². The lowest BCUT2D eigenvalue weighted by atomic mass is 9.97. The maximum absolute atomic E-state index is 6.01. The van der Waals surface area contributed by atoms with E-state index in [1.165, 1.54) is 5.56 Å². The summed E-state index contributed by atoms with van der Waals surface area (Å²) in [5.41, 5.74) is 9.12. The molecule has 0 aromatic carbocycles. The van der Waals surface area contributed by atoms with E-state index in [9.17, 15) is 0 Å². The van der Waals surface area contributed by atoms with Gasteiger partial charge in [0.05, 0.1) is 11.7 Å². The summed E-state index contributed by atoms with van der Waals surface area (Å²) in [4.78, 5) is 0. The minimum Gasteiger partial charge on any atom is -0.322 e. The van der Waals surface area contributed by atoms with Crippen LogP contribution >= 0.6 is 0 Å². The van der Waals surface area contributed by atoms with Crippen LogP contribution in [0.5, 0.6) is 0 Å². The van der Waals surface area contributed by atoms with Crippen LogP contribution in [0.3, 0.4) is 0 Å². The Morgan fingerprint density at radius 3 is 2.71 bits per heavy atom. The fourth-order valence-electron chi connectivity index (χ4n) is 1.49. The maximum Gasteiger partial charge on any atom is 0.0690 e. The van der Waals surface area contributed by atoms with Crippen LogP contribution < -0.4 is 5.73 Å². The summed E-state index contributed by atoms with van der Waals surface area (Å²) in [6.45, 7) is 6.03. The lowest BCUT2D eigenvalue weighted by Gasteiger charge is -2.18. The molecular formula is C11H15N3. The summed E-state index contributed by atoms with van der Waals surface area (Å²) in [7, 11) is 0. The van der Waals surface area contributed by atoms with Crippen LogP contribution in [-0.4, -0.2) is 9.61 Å². The standard InChI is InChI=1S/C11H15N3/c1-8-6-13-14-7-9(11(2,3)12)4-5-10(8)14/h4-7H,12H2,1-3H3. The number of hydrogen-bond donors (Lipinski definition) is 1. The summed E-state index contributed by atoms with van der Waals surface area (Å²) < 4.78 is 1.87. The highest BCUT2D eigenvalue weighted by atomic mass is 15.2. The fourth-order valence-corrected chi connectivity index (χ4v) is 1.49. The van der Waals surface area contributed by atoms with E-state index in [1.54, 1.807) is 0 Å². The first-order valence-corrected chi connectivity index (χ1v) is 4.72. The molecule has 0 saturated carbocycles. The number of nitrogens with zero attached hydrogens (tertiary/aromatic N) is 2. The molecule has 0 aliphatic heterocycles. The Kier molecular flexibility index (Phi) is 1.86. The van der Waals surface area contributed by atoms with Gasteiger partial charge in [0.1, 0.15) is 0 Å². The quantitative estimate of drug-likeness (QED) is 0.743. The van der Waals surface area contributed by atoms with Crippen LogP contribution in [0.15, 0.2) is 24.5 Å². The molecule has 0 radical (unpaired) electrons. The Hall–Kier alpha value is -1.35.